The summed E-state index contributed by atoms with van der Waals surface area (Å²) in [5.74, 6) is 0. The predicted octanol–water partition coefficient (Wildman–Crippen LogP) is 0.858. The maximum atomic E-state index is 8.33. The van der Waals surface area contributed by atoms with Gasteiger partial charge in [0.05, 0.1) is 6.10 Å². The molecule has 6 heavy (non-hydrogen) atoms. The van der Waals surface area contributed by atoms with Gasteiger partial charge in [-0.1, -0.05) is 13.3 Å². The Morgan fingerprint density at radius 1 is 1.83 bits per heavy atom. The fourth-order valence-corrected chi connectivity index (χ4v) is 0.296. The van der Waals surface area contributed by atoms with Gasteiger partial charge in [-0.2, -0.15) is 0 Å². The first-order chi connectivity index (χ1) is 2.77. The number of rotatable bonds is 2. The monoisotopic (exact) mass is 86.1 g/mol. The molecule has 0 saturated heterocycles. The van der Waals surface area contributed by atoms with Crippen LogP contribution >= 0.6 is 0 Å². The molecule has 2 radical (unpaired) electrons. The molecule has 0 rings (SSSR count). The quantitative estimate of drug-likeness (QED) is 0.528. The smallest absolute Gasteiger partial charge is 0.0575 e. The fraction of sp³-hybridized carbons (Fsp3) is 0.800. The van der Waals surface area contributed by atoms with Crippen LogP contribution in [-0.2, 0) is 0 Å². The van der Waals surface area contributed by atoms with Crippen LogP contribution in [-0.4, -0.2) is 11.2 Å². The molecule has 1 atom stereocenters. The van der Waals surface area contributed by atoms with Crippen molar-refractivity contribution in [1.29, 1.82) is 0 Å². The summed E-state index contributed by atoms with van der Waals surface area (Å²) in [7, 11) is 0. The summed E-state index contributed by atoms with van der Waals surface area (Å²) in [6.07, 6.45) is 1.06. The van der Waals surface area contributed by atoms with Gasteiger partial charge in [-0.15, -0.1) is 0 Å². The maximum absolute atomic E-state index is 8.33. The van der Waals surface area contributed by atoms with Gasteiger partial charge in [0.2, 0.25) is 0 Å². The summed E-state index contributed by atoms with van der Waals surface area (Å²) in [6, 6.07) is 0. The van der Waals surface area contributed by atoms with Crippen molar-refractivity contribution in [2.45, 2.75) is 25.9 Å². The van der Waals surface area contributed by atoms with E-state index in [4.69, 9.17) is 12.0 Å². The van der Waals surface area contributed by atoms with Crippen LogP contribution in [0.3, 0.4) is 0 Å². The molecule has 0 aromatic carbocycles. The van der Waals surface area contributed by atoms with Crippen LogP contribution in [0.25, 0.3) is 0 Å². The van der Waals surface area contributed by atoms with Crippen LogP contribution in [0.5, 0.6) is 0 Å². The molecule has 1 N–H and O–H groups in total. The van der Waals surface area contributed by atoms with Gasteiger partial charge in [-0.3, -0.25) is 0 Å². The largest absolute Gasteiger partial charge is 0.393 e. The van der Waals surface area contributed by atoms with Gasteiger partial charge in [-0.25, -0.2) is 0 Å². The van der Waals surface area contributed by atoms with Crippen molar-refractivity contribution in [3.05, 3.63) is 6.92 Å². The second-order valence-corrected chi connectivity index (χ2v) is 1.36. The first kappa shape index (κ1) is 5.96. The van der Waals surface area contributed by atoms with Crippen molar-refractivity contribution in [2.24, 2.45) is 0 Å². The third-order valence-electron chi connectivity index (χ3n) is 0.584. The van der Waals surface area contributed by atoms with Crippen molar-refractivity contribution in [1.82, 2.24) is 0 Å². The van der Waals surface area contributed by atoms with E-state index in [1.807, 2.05) is 6.92 Å². The molecule has 36 valence electrons. The Kier molecular flexibility index (Phi) is 3.14. The Morgan fingerprint density at radius 3 is 2.33 bits per heavy atom. The molecule has 0 aromatic heterocycles. The molecule has 0 spiro atoms. The Hall–Kier alpha value is -0.0400. The SMILES string of the molecule is [CH][C@@H](O)CCC. The molecule has 0 aromatic rings. The van der Waals surface area contributed by atoms with Gasteiger partial charge in [0.15, 0.2) is 0 Å². The van der Waals surface area contributed by atoms with Crippen molar-refractivity contribution < 1.29 is 5.11 Å². The molecule has 0 bridgehead atoms. The standard InChI is InChI=1S/C5H10O/c1-3-4-5(2)6/h2,5-6H,3-4H2,1H3/t5-/m1/s1. The lowest BCUT2D eigenvalue weighted by molar-refractivity contribution is 0.209. The van der Waals surface area contributed by atoms with E-state index >= 15 is 0 Å². The molecular weight excluding hydrogens is 76.1 g/mol. The lowest BCUT2D eigenvalue weighted by atomic mass is 10.2. The minimum Gasteiger partial charge on any atom is -0.393 e. The van der Waals surface area contributed by atoms with E-state index in [-0.39, 0.29) is 0 Å². The summed E-state index contributed by atoms with van der Waals surface area (Å²) in [6.45, 7) is 6.94. The molecule has 0 heterocycles. The van der Waals surface area contributed by atoms with E-state index in [2.05, 4.69) is 0 Å². The van der Waals surface area contributed by atoms with Crippen LogP contribution in [0.2, 0.25) is 0 Å². The highest BCUT2D eigenvalue weighted by molar-refractivity contribution is 4.52. The van der Waals surface area contributed by atoms with Gasteiger partial charge in [0.25, 0.3) is 0 Å². The van der Waals surface area contributed by atoms with Crippen molar-refractivity contribution >= 4 is 0 Å². The van der Waals surface area contributed by atoms with Crippen LogP contribution in [0.1, 0.15) is 19.8 Å². The van der Waals surface area contributed by atoms with Crippen molar-refractivity contribution in [3.8, 4) is 0 Å². The van der Waals surface area contributed by atoms with Crippen LogP contribution in [0.4, 0.5) is 0 Å². The molecular formula is C5H10O. The zero-order chi connectivity index (χ0) is 4.99. The van der Waals surface area contributed by atoms with E-state index in [0.29, 0.717) is 6.42 Å². The van der Waals surface area contributed by atoms with Crippen LogP contribution in [0.15, 0.2) is 0 Å². The number of aliphatic hydroxyl groups is 1. The zero-order valence-electron chi connectivity index (χ0n) is 4.02. The van der Waals surface area contributed by atoms with Gasteiger partial charge in [0, 0.05) is 0 Å². The van der Waals surface area contributed by atoms with Crippen LogP contribution < -0.4 is 0 Å². The lowest BCUT2D eigenvalue weighted by Gasteiger charge is -1.94. The maximum Gasteiger partial charge on any atom is 0.0575 e. The van der Waals surface area contributed by atoms with E-state index in [1.165, 1.54) is 0 Å². The normalized spacial score (nSPS) is 14.5. The Morgan fingerprint density at radius 2 is 2.33 bits per heavy atom. The Labute approximate surface area is 39.0 Å². The summed E-state index contributed by atoms with van der Waals surface area (Å²) in [4.78, 5) is 0. The van der Waals surface area contributed by atoms with E-state index in [1.54, 1.807) is 0 Å². The molecule has 0 fully saturated rings. The fourth-order valence-electron chi connectivity index (χ4n) is 0.296. The first-order valence-electron chi connectivity index (χ1n) is 2.21. The van der Waals surface area contributed by atoms with Crippen molar-refractivity contribution in [3.63, 3.8) is 0 Å². The third-order valence-corrected chi connectivity index (χ3v) is 0.584. The second-order valence-electron chi connectivity index (χ2n) is 1.36. The van der Waals surface area contributed by atoms with Crippen molar-refractivity contribution in [2.75, 3.05) is 0 Å². The number of hydrogen-bond donors (Lipinski definition) is 1. The average molecular weight is 86.1 g/mol. The molecule has 0 saturated carbocycles. The Balaban J connectivity index is 2.63. The van der Waals surface area contributed by atoms with Gasteiger partial charge in [-0.05, 0) is 13.3 Å². The predicted molar refractivity (Wildman–Crippen MR) is 25.2 cm³/mol. The highest BCUT2D eigenvalue weighted by Gasteiger charge is 1.87. The van der Waals surface area contributed by atoms with E-state index in [9.17, 15) is 0 Å². The van der Waals surface area contributed by atoms with Gasteiger partial charge < -0.3 is 5.11 Å². The summed E-state index contributed by atoms with van der Waals surface area (Å²) >= 11 is 0. The minimum atomic E-state index is -0.602. The number of hydrogen-bond acceptors (Lipinski definition) is 1. The molecule has 1 heteroatoms. The molecule has 0 aliphatic carbocycles. The molecule has 0 unspecified atom stereocenters. The molecule has 0 aliphatic heterocycles. The van der Waals surface area contributed by atoms with Crippen LogP contribution in [0, 0.1) is 6.92 Å². The average Bonchev–Trinajstić information content (AvgIpc) is 1.35. The highest BCUT2D eigenvalue weighted by Crippen LogP contribution is 1.90. The molecule has 0 amide bonds. The first-order valence-corrected chi connectivity index (χ1v) is 2.21. The molecule has 0 aliphatic rings. The van der Waals surface area contributed by atoms with E-state index in [0.717, 1.165) is 6.42 Å². The third kappa shape index (κ3) is 3.96. The minimum absolute atomic E-state index is 0.602. The lowest BCUT2D eigenvalue weighted by Crippen LogP contribution is -1.96. The van der Waals surface area contributed by atoms with Gasteiger partial charge >= 0.3 is 0 Å². The van der Waals surface area contributed by atoms with Gasteiger partial charge in [0.1, 0.15) is 0 Å². The topological polar surface area (TPSA) is 20.2 Å². The summed E-state index contributed by atoms with van der Waals surface area (Å²) < 4.78 is 0. The van der Waals surface area contributed by atoms with E-state index < -0.39 is 6.10 Å². The summed E-state index contributed by atoms with van der Waals surface area (Å²) in [5.41, 5.74) is 0. The molecule has 1 nitrogen and oxygen atoms in total. The Bertz CT molecular complexity index is 25.1. The zero-order valence-corrected chi connectivity index (χ0v) is 4.02. The second kappa shape index (κ2) is 3.16. The number of aliphatic hydroxyl groups excluding tert-OH is 1. The highest BCUT2D eigenvalue weighted by atomic mass is 16.3. The summed E-state index contributed by atoms with van der Waals surface area (Å²) in [5, 5.41) is 8.33.